The van der Waals surface area contributed by atoms with Crippen LogP contribution in [0.5, 0.6) is 0 Å². The SMILES string of the molecule is CC[NH2+]C(CCC1CC[NH2+]C(N)C1)COC1CC(C2CC(O)CC(CCC3CCC(O)C(OCNCC(C)O)C3)O2)CC(OC)C1O. The Kier molecular flexibility index (Phi) is 17.1. The average Bonchev–Trinajstić information content (AvgIpc) is 3.04. The van der Waals surface area contributed by atoms with Crippen LogP contribution in [0.25, 0.3) is 0 Å². The number of nitrogens with two attached hydrogens (primary N) is 3. The van der Waals surface area contributed by atoms with Crippen molar-refractivity contribution in [2.75, 3.05) is 40.1 Å². The highest BCUT2D eigenvalue weighted by molar-refractivity contribution is 4.94. The van der Waals surface area contributed by atoms with E-state index >= 15 is 0 Å². The van der Waals surface area contributed by atoms with Crippen molar-refractivity contribution in [1.29, 1.82) is 0 Å². The highest BCUT2D eigenvalue weighted by atomic mass is 16.5. The lowest BCUT2D eigenvalue weighted by molar-refractivity contribution is -0.700. The van der Waals surface area contributed by atoms with Crippen molar-refractivity contribution in [3.63, 3.8) is 0 Å². The van der Waals surface area contributed by atoms with E-state index in [-0.39, 0.29) is 42.6 Å². The van der Waals surface area contributed by atoms with Gasteiger partial charge in [0, 0.05) is 26.5 Å². The molecule has 4 fully saturated rings. The van der Waals surface area contributed by atoms with Crippen LogP contribution in [-0.2, 0) is 18.9 Å². The molecule has 0 aromatic carbocycles. The van der Waals surface area contributed by atoms with Crippen molar-refractivity contribution in [2.24, 2.45) is 23.5 Å². The second-order valence-electron chi connectivity index (χ2n) is 15.3. The predicted octanol–water partition coefficient (Wildman–Crippen LogP) is -0.689. The molecule has 4 rings (SSSR count). The summed E-state index contributed by atoms with van der Waals surface area (Å²) in [6, 6.07) is 0.347. The summed E-state index contributed by atoms with van der Waals surface area (Å²) in [6.45, 7) is 7.38. The summed E-state index contributed by atoms with van der Waals surface area (Å²) in [7, 11) is 1.66. The molecule has 0 amide bonds. The molecule has 0 spiro atoms. The van der Waals surface area contributed by atoms with Crippen molar-refractivity contribution in [3.05, 3.63) is 0 Å². The largest absolute Gasteiger partial charge is 0.393 e. The lowest BCUT2D eigenvalue weighted by atomic mass is 9.77. The summed E-state index contributed by atoms with van der Waals surface area (Å²) in [5, 5.41) is 49.7. The molecule has 2 saturated carbocycles. The van der Waals surface area contributed by atoms with Crippen LogP contribution in [0.2, 0.25) is 0 Å². The molecule has 0 aromatic heterocycles. The first kappa shape index (κ1) is 39.3. The maximum Gasteiger partial charge on any atom is 0.137 e. The number of hydrogen-bond donors (Lipinski definition) is 8. The third kappa shape index (κ3) is 13.0. The van der Waals surface area contributed by atoms with E-state index in [2.05, 4.69) is 22.9 Å². The highest BCUT2D eigenvalue weighted by Gasteiger charge is 2.44. The summed E-state index contributed by atoms with van der Waals surface area (Å²) in [5.74, 6) is 1.25. The molecule has 12 heteroatoms. The molecule has 2 saturated heterocycles. The molecular weight excluding hydrogens is 604 g/mol. The van der Waals surface area contributed by atoms with Crippen molar-refractivity contribution >= 4 is 0 Å². The summed E-state index contributed by atoms with van der Waals surface area (Å²) < 4.78 is 24.9. The molecule has 276 valence electrons. The summed E-state index contributed by atoms with van der Waals surface area (Å²) >= 11 is 0. The van der Waals surface area contributed by atoms with Gasteiger partial charge in [-0.05, 0) is 102 Å². The number of nitrogens with one attached hydrogen (secondary N) is 1. The quantitative estimate of drug-likeness (QED) is 0.0683. The maximum atomic E-state index is 11.2. The van der Waals surface area contributed by atoms with Crippen molar-refractivity contribution in [2.45, 2.75) is 164 Å². The van der Waals surface area contributed by atoms with Crippen LogP contribution in [0.4, 0.5) is 0 Å². The molecule has 14 unspecified atom stereocenters. The number of piperidine rings is 1. The molecule has 0 radical (unpaired) electrons. The Hall–Kier alpha value is -0.480. The monoisotopic (exact) mass is 675 g/mol. The van der Waals surface area contributed by atoms with E-state index < -0.39 is 24.4 Å². The van der Waals surface area contributed by atoms with E-state index in [4.69, 9.17) is 24.7 Å². The third-order valence-electron chi connectivity index (χ3n) is 11.4. The third-order valence-corrected chi connectivity index (χ3v) is 11.4. The van der Waals surface area contributed by atoms with Crippen LogP contribution in [0.15, 0.2) is 0 Å². The lowest BCUT2D eigenvalue weighted by Gasteiger charge is -2.44. The fourth-order valence-corrected chi connectivity index (χ4v) is 8.63. The fourth-order valence-electron chi connectivity index (χ4n) is 8.63. The van der Waals surface area contributed by atoms with E-state index in [0.29, 0.717) is 63.4 Å². The minimum Gasteiger partial charge on any atom is -0.393 e. The van der Waals surface area contributed by atoms with Gasteiger partial charge < -0.3 is 50.0 Å². The molecule has 2 aliphatic carbocycles. The number of hydrogen-bond acceptors (Lipinski definition) is 10. The minimum atomic E-state index is -0.686. The van der Waals surface area contributed by atoms with E-state index in [0.717, 1.165) is 64.5 Å². The van der Waals surface area contributed by atoms with Gasteiger partial charge >= 0.3 is 0 Å². The van der Waals surface area contributed by atoms with Gasteiger partial charge in [0.25, 0.3) is 0 Å². The normalized spacial score (nSPS) is 39.8. The number of aliphatic hydroxyl groups excluding tert-OH is 4. The first-order valence-electron chi connectivity index (χ1n) is 18.9. The maximum absolute atomic E-state index is 11.2. The van der Waals surface area contributed by atoms with E-state index in [9.17, 15) is 20.4 Å². The smallest absolute Gasteiger partial charge is 0.137 e. The van der Waals surface area contributed by atoms with Crippen molar-refractivity contribution in [3.8, 4) is 0 Å². The van der Waals surface area contributed by atoms with E-state index in [1.807, 2.05) is 0 Å². The Morgan fingerprint density at radius 2 is 1.72 bits per heavy atom. The van der Waals surface area contributed by atoms with Crippen molar-refractivity contribution in [1.82, 2.24) is 5.32 Å². The van der Waals surface area contributed by atoms with Crippen LogP contribution in [0.1, 0.15) is 97.3 Å². The first-order chi connectivity index (χ1) is 22.6. The second-order valence-corrected chi connectivity index (χ2v) is 15.3. The standard InChI is InChI=1S/C35H68N4O8/c1-4-38-26(8-5-24-11-12-39-34(36)14-24)20-45-33-16-25(15-32(44-3)35(33)43)30-18-27(41)17-28(47-30)9-6-23-7-10-29(42)31(13-23)46-21-37-19-22(2)40/h22-35,37-43H,4-21,36H2,1-3H3/p+2. The van der Waals surface area contributed by atoms with Gasteiger partial charge in [0.05, 0.1) is 75.3 Å². The van der Waals surface area contributed by atoms with Crippen molar-refractivity contribution < 1.29 is 50.0 Å². The Labute approximate surface area is 283 Å². The molecule has 2 heterocycles. The molecule has 2 aliphatic heterocycles. The van der Waals surface area contributed by atoms with Gasteiger partial charge in [0.1, 0.15) is 18.3 Å². The predicted molar refractivity (Wildman–Crippen MR) is 178 cm³/mol. The molecular formula is C35H70N4O8+2. The van der Waals surface area contributed by atoms with Crippen LogP contribution < -0.4 is 21.7 Å². The zero-order valence-corrected chi connectivity index (χ0v) is 29.5. The Bertz CT molecular complexity index is 860. The van der Waals surface area contributed by atoms with Gasteiger partial charge in [-0.15, -0.1) is 0 Å². The van der Waals surface area contributed by atoms with Gasteiger partial charge in [0.15, 0.2) is 0 Å². The zero-order valence-electron chi connectivity index (χ0n) is 29.5. The summed E-state index contributed by atoms with van der Waals surface area (Å²) in [6.07, 6.45) is 8.70. The Morgan fingerprint density at radius 3 is 2.47 bits per heavy atom. The number of quaternary nitrogens is 2. The summed E-state index contributed by atoms with van der Waals surface area (Å²) in [5.41, 5.74) is 6.19. The molecule has 12 nitrogen and oxygen atoms in total. The van der Waals surface area contributed by atoms with Gasteiger partial charge in [-0.1, -0.05) is 0 Å². The highest BCUT2D eigenvalue weighted by Crippen LogP contribution is 2.38. The molecule has 0 aromatic rings. The zero-order chi connectivity index (χ0) is 33.8. The van der Waals surface area contributed by atoms with Crippen LogP contribution in [0.3, 0.4) is 0 Å². The molecule has 14 atom stereocenters. The minimum absolute atomic E-state index is 0.0241. The number of methoxy groups -OCH3 is 1. The number of likely N-dealkylation sites (N-methyl/N-ethyl adjacent to an activating group) is 1. The topological polar surface area (TPSA) is 189 Å². The Morgan fingerprint density at radius 1 is 0.936 bits per heavy atom. The average molecular weight is 675 g/mol. The summed E-state index contributed by atoms with van der Waals surface area (Å²) in [4.78, 5) is 0. The van der Waals surface area contributed by atoms with Crippen LogP contribution >= 0.6 is 0 Å². The number of rotatable bonds is 18. The van der Waals surface area contributed by atoms with Gasteiger partial charge in [-0.25, -0.2) is 0 Å². The second kappa shape index (κ2) is 20.4. The van der Waals surface area contributed by atoms with Gasteiger partial charge in [-0.3, -0.25) is 11.1 Å². The van der Waals surface area contributed by atoms with E-state index in [1.165, 1.54) is 6.42 Å². The lowest BCUT2D eigenvalue weighted by Crippen LogP contribution is -2.94. The molecule has 11 N–H and O–H groups in total. The van der Waals surface area contributed by atoms with Gasteiger partial charge in [0.2, 0.25) is 0 Å². The fraction of sp³-hybridized carbons (Fsp3) is 1.00. The van der Waals surface area contributed by atoms with Crippen LogP contribution in [0, 0.1) is 17.8 Å². The molecule has 47 heavy (non-hydrogen) atoms. The number of ether oxygens (including phenoxy) is 4. The molecule has 4 aliphatic rings. The first-order valence-corrected chi connectivity index (χ1v) is 18.9. The van der Waals surface area contributed by atoms with E-state index in [1.54, 1.807) is 14.0 Å². The number of aliphatic hydroxyl groups is 4. The van der Waals surface area contributed by atoms with Gasteiger partial charge in [-0.2, -0.15) is 0 Å². The molecule has 0 bridgehead atoms. The Balaban J connectivity index is 1.26. The van der Waals surface area contributed by atoms with Crippen LogP contribution in [-0.4, -0.2) is 128 Å².